The minimum atomic E-state index is -3.69. The summed E-state index contributed by atoms with van der Waals surface area (Å²) in [5.74, 6) is -0.108. The second-order valence-electron chi connectivity index (χ2n) is 4.33. The summed E-state index contributed by atoms with van der Waals surface area (Å²) in [5, 5.41) is 0. The standard InChI is InChI=1S/C12H10I.C4H10O3S.FH/c1-3-7-11(8-4-1)13-12-9-5-2-6-10-12;1-2-3-4-8(5,6)7;/h1-10H;2-4H2,1H3,(H,5,6,7);1H/q-1;;. The van der Waals surface area contributed by atoms with Gasteiger partial charge in [0.1, 0.15) is 0 Å². The molecule has 0 amide bonds. The molecular weight excluding hydrogens is 418 g/mol. The van der Waals surface area contributed by atoms with Gasteiger partial charge in [-0.25, -0.2) is 0 Å². The summed E-state index contributed by atoms with van der Waals surface area (Å²) in [5.41, 5.74) is 0. The van der Waals surface area contributed by atoms with Gasteiger partial charge in [0.05, 0.1) is 5.75 Å². The Morgan fingerprint density at radius 2 is 1.32 bits per heavy atom. The van der Waals surface area contributed by atoms with Gasteiger partial charge in [0.15, 0.2) is 0 Å². The Balaban J connectivity index is 0.000000432. The molecule has 6 heteroatoms. The third-order valence-corrected chi connectivity index (χ3v) is 5.93. The van der Waals surface area contributed by atoms with E-state index in [9.17, 15) is 8.42 Å². The molecular formula is C16H21FIO3S-. The molecule has 0 aromatic heterocycles. The molecule has 2 aromatic carbocycles. The van der Waals surface area contributed by atoms with Crippen molar-refractivity contribution in [3.05, 3.63) is 67.8 Å². The first-order valence-corrected chi connectivity index (χ1v) is 10.5. The fraction of sp³-hybridized carbons (Fsp3) is 0.250. The molecule has 0 bridgehead atoms. The fourth-order valence-corrected chi connectivity index (χ4v) is 4.33. The third-order valence-electron chi connectivity index (χ3n) is 2.44. The van der Waals surface area contributed by atoms with E-state index in [0.717, 1.165) is 6.42 Å². The van der Waals surface area contributed by atoms with Crippen LogP contribution in [-0.4, -0.2) is 18.7 Å². The quantitative estimate of drug-likeness (QED) is 0.550. The topological polar surface area (TPSA) is 54.4 Å². The summed E-state index contributed by atoms with van der Waals surface area (Å²) < 4.78 is 31.0. The Hall–Kier alpha value is -0.990. The van der Waals surface area contributed by atoms with E-state index in [2.05, 4.69) is 60.7 Å². The summed E-state index contributed by atoms with van der Waals surface area (Å²) in [6.07, 6.45) is 1.33. The average molecular weight is 439 g/mol. The molecule has 0 saturated carbocycles. The van der Waals surface area contributed by atoms with Gasteiger partial charge in [-0.15, -0.1) is 0 Å². The molecule has 0 aliphatic carbocycles. The van der Waals surface area contributed by atoms with Crippen LogP contribution in [0.1, 0.15) is 19.8 Å². The van der Waals surface area contributed by atoms with Crippen molar-refractivity contribution in [2.45, 2.75) is 19.8 Å². The van der Waals surface area contributed by atoms with E-state index in [1.807, 2.05) is 6.92 Å². The van der Waals surface area contributed by atoms with E-state index in [-0.39, 0.29) is 31.7 Å². The van der Waals surface area contributed by atoms with Crippen LogP contribution in [0.4, 0.5) is 4.70 Å². The van der Waals surface area contributed by atoms with Gasteiger partial charge in [-0.3, -0.25) is 9.26 Å². The Morgan fingerprint density at radius 1 is 0.909 bits per heavy atom. The van der Waals surface area contributed by atoms with Gasteiger partial charge < -0.3 is 0 Å². The van der Waals surface area contributed by atoms with Crippen LogP contribution in [0.5, 0.6) is 0 Å². The van der Waals surface area contributed by atoms with E-state index < -0.39 is 10.1 Å². The zero-order valence-corrected chi connectivity index (χ0v) is 15.3. The van der Waals surface area contributed by atoms with Crippen molar-refractivity contribution in [1.82, 2.24) is 0 Å². The van der Waals surface area contributed by atoms with Crippen molar-refractivity contribution in [2.75, 3.05) is 5.75 Å². The molecule has 0 aliphatic rings. The molecule has 1 N–H and O–H groups in total. The Kier molecular flexibility index (Phi) is 11.0. The third kappa shape index (κ3) is 10.7. The van der Waals surface area contributed by atoms with Gasteiger partial charge in [-0.2, -0.15) is 8.42 Å². The van der Waals surface area contributed by atoms with Gasteiger partial charge >= 0.3 is 89.0 Å². The van der Waals surface area contributed by atoms with E-state index in [1.54, 1.807) is 0 Å². The Bertz CT molecular complexity index is 566. The zero-order valence-electron chi connectivity index (χ0n) is 12.4. The molecule has 2 aromatic rings. The summed E-state index contributed by atoms with van der Waals surface area (Å²) in [6.45, 7) is 1.87. The van der Waals surface area contributed by atoms with Gasteiger partial charge in [-0.1, -0.05) is 13.3 Å². The number of hydrogen-bond donors (Lipinski definition) is 1. The molecule has 0 aliphatic heterocycles. The van der Waals surface area contributed by atoms with Crippen LogP contribution >= 0.6 is 0 Å². The molecule has 2 rings (SSSR count). The maximum atomic E-state index is 9.95. The Morgan fingerprint density at radius 3 is 1.59 bits per heavy atom. The van der Waals surface area contributed by atoms with Crippen LogP contribution in [0.15, 0.2) is 60.7 Å². The predicted molar refractivity (Wildman–Crippen MR) is 84.1 cm³/mol. The fourth-order valence-electron chi connectivity index (χ4n) is 1.41. The predicted octanol–water partition coefficient (Wildman–Crippen LogP) is 0.642. The van der Waals surface area contributed by atoms with Gasteiger partial charge in [0, 0.05) is 0 Å². The average Bonchev–Trinajstić information content (AvgIpc) is 2.47. The van der Waals surface area contributed by atoms with Crippen LogP contribution in [0.3, 0.4) is 0 Å². The molecule has 22 heavy (non-hydrogen) atoms. The van der Waals surface area contributed by atoms with Crippen LogP contribution < -0.4 is 21.2 Å². The van der Waals surface area contributed by atoms with Crippen LogP contribution in [0.2, 0.25) is 0 Å². The van der Waals surface area contributed by atoms with Gasteiger partial charge in [0.2, 0.25) is 0 Å². The van der Waals surface area contributed by atoms with E-state index in [0.29, 0.717) is 6.42 Å². The molecule has 0 spiro atoms. The molecule has 0 fully saturated rings. The van der Waals surface area contributed by atoms with Gasteiger partial charge in [0.25, 0.3) is 10.1 Å². The summed E-state index contributed by atoms with van der Waals surface area (Å²) in [4.78, 5) is 0. The van der Waals surface area contributed by atoms with Crippen molar-refractivity contribution in [3.8, 4) is 0 Å². The molecule has 0 saturated heterocycles. The first-order valence-electron chi connectivity index (χ1n) is 6.71. The van der Waals surface area contributed by atoms with Crippen molar-refractivity contribution in [2.24, 2.45) is 0 Å². The molecule has 0 heterocycles. The number of rotatable bonds is 5. The van der Waals surface area contributed by atoms with Gasteiger partial charge in [-0.05, 0) is 6.42 Å². The first-order chi connectivity index (χ1) is 10.0. The van der Waals surface area contributed by atoms with E-state index in [4.69, 9.17) is 4.55 Å². The second-order valence-corrected chi connectivity index (χ2v) is 8.93. The zero-order chi connectivity index (χ0) is 15.6. The van der Waals surface area contributed by atoms with E-state index >= 15 is 0 Å². The summed E-state index contributed by atoms with van der Waals surface area (Å²) in [7, 11) is -3.69. The van der Waals surface area contributed by atoms with Crippen molar-refractivity contribution in [1.29, 1.82) is 0 Å². The molecule has 124 valence electrons. The van der Waals surface area contributed by atoms with Crippen LogP contribution in [0.25, 0.3) is 0 Å². The normalized spacial score (nSPS) is 10.3. The van der Waals surface area contributed by atoms with Crippen LogP contribution in [-0.2, 0) is 10.1 Å². The maximum absolute atomic E-state index is 9.95. The summed E-state index contributed by atoms with van der Waals surface area (Å²) in [6, 6.07) is 21.4. The second kappa shape index (κ2) is 11.6. The van der Waals surface area contributed by atoms with Crippen molar-refractivity contribution in [3.63, 3.8) is 0 Å². The number of halogens is 2. The number of unbranched alkanes of at least 4 members (excludes halogenated alkanes) is 1. The monoisotopic (exact) mass is 439 g/mol. The number of hydrogen-bond acceptors (Lipinski definition) is 2. The SMILES string of the molecule is CCCCS(=O)(=O)O.F.c1ccc([I-]c2ccccc2)cc1. The van der Waals surface area contributed by atoms with Crippen LogP contribution in [0, 0.1) is 7.14 Å². The number of benzene rings is 2. The minimum absolute atomic E-state index is 0. The van der Waals surface area contributed by atoms with Crippen molar-refractivity contribution >= 4 is 10.1 Å². The Labute approximate surface area is 142 Å². The first kappa shape index (κ1) is 21.0. The molecule has 3 nitrogen and oxygen atoms in total. The molecule has 0 radical (unpaired) electrons. The molecule has 0 unspecified atom stereocenters. The molecule has 0 atom stereocenters. The summed E-state index contributed by atoms with van der Waals surface area (Å²) >= 11 is 0.0287. The van der Waals surface area contributed by atoms with E-state index in [1.165, 1.54) is 7.14 Å². The van der Waals surface area contributed by atoms with Crippen molar-refractivity contribution < 1.29 is 38.9 Å².